The molecular weight excluding hydrogens is 339 g/mol. The molecule has 0 fully saturated rings. The number of ether oxygens (including phenoxy) is 1. The molecule has 1 heterocycles. The monoisotopic (exact) mass is 360 g/mol. The lowest BCUT2D eigenvalue weighted by molar-refractivity contribution is 0.0947. The van der Waals surface area contributed by atoms with E-state index < -0.39 is 0 Å². The van der Waals surface area contributed by atoms with Gasteiger partial charge in [-0.2, -0.15) is 0 Å². The smallest absolute Gasteiger partial charge is 0.269 e. The minimum atomic E-state index is -0.134. The molecule has 0 unspecified atom stereocenters. The largest absolute Gasteiger partial charge is 0.383 e. The molecule has 2 rings (SSSR count). The van der Waals surface area contributed by atoms with Gasteiger partial charge in [0.1, 0.15) is 5.69 Å². The van der Waals surface area contributed by atoms with E-state index in [2.05, 4.69) is 15.6 Å². The molecule has 8 heteroatoms. The first-order valence-electron chi connectivity index (χ1n) is 6.88. The van der Waals surface area contributed by atoms with Crippen LogP contribution in [0.25, 0.3) is 5.69 Å². The second-order valence-corrected chi connectivity index (χ2v) is 4.48. The average Bonchev–Trinajstić information content (AvgIpc) is 3.01. The van der Waals surface area contributed by atoms with Crippen LogP contribution in [0.2, 0.25) is 0 Å². The molecule has 2 N–H and O–H groups in total. The maximum atomic E-state index is 12.2. The van der Waals surface area contributed by atoms with Crippen molar-refractivity contribution in [3.8, 4) is 5.69 Å². The lowest BCUT2D eigenvalue weighted by Gasteiger charge is -2.09. The van der Waals surface area contributed by atoms with Crippen molar-refractivity contribution in [2.45, 2.75) is 0 Å². The molecule has 23 heavy (non-hydrogen) atoms. The fourth-order valence-corrected chi connectivity index (χ4v) is 1.91. The van der Waals surface area contributed by atoms with Crippen LogP contribution in [0.1, 0.15) is 10.5 Å². The maximum absolute atomic E-state index is 12.2. The Bertz CT molecular complexity index is 564. The van der Waals surface area contributed by atoms with E-state index in [1.165, 1.54) is 0 Å². The van der Waals surface area contributed by atoms with Gasteiger partial charge in [0, 0.05) is 32.4 Å². The standard InChI is InChI=1S/C15H20N4O2.2ClH/c1-21-10-9-16-7-8-18-15(20)14-11-17-12-19(14)13-5-3-2-4-6-13;;/h2-6,11-12,16H,7-10H2,1H3,(H,18,20);2*1H. The second kappa shape index (κ2) is 11.9. The van der Waals surface area contributed by atoms with Crippen molar-refractivity contribution < 1.29 is 9.53 Å². The Morgan fingerprint density at radius 2 is 1.91 bits per heavy atom. The fraction of sp³-hybridized carbons (Fsp3) is 0.333. The van der Waals surface area contributed by atoms with Crippen molar-refractivity contribution in [3.05, 3.63) is 48.5 Å². The highest BCUT2D eigenvalue weighted by Crippen LogP contribution is 2.10. The van der Waals surface area contributed by atoms with Crippen LogP contribution in [-0.2, 0) is 4.74 Å². The van der Waals surface area contributed by atoms with E-state index in [1.807, 2.05) is 30.3 Å². The lowest BCUT2D eigenvalue weighted by Crippen LogP contribution is -2.33. The molecule has 6 nitrogen and oxygen atoms in total. The summed E-state index contributed by atoms with van der Waals surface area (Å²) in [6.45, 7) is 2.69. The number of nitrogens with zero attached hydrogens (tertiary/aromatic N) is 2. The Labute approximate surface area is 148 Å². The lowest BCUT2D eigenvalue weighted by atomic mass is 10.3. The molecule has 2 aromatic rings. The van der Waals surface area contributed by atoms with Crippen molar-refractivity contribution in [1.29, 1.82) is 0 Å². The van der Waals surface area contributed by atoms with E-state index in [9.17, 15) is 4.79 Å². The van der Waals surface area contributed by atoms with Gasteiger partial charge >= 0.3 is 0 Å². The first-order valence-corrected chi connectivity index (χ1v) is 6.88. The molecule has 0 bridgehead atoms. The van der Waals surface area contributed by atoms with E-state index in [1.54, 1.807) is 24.2 Å². The van der Waals surface area contributed by atoms with Crippen LogP contribution in [0.3, 0.4) is 0 Å². The first kappa shape index (κ1) is 21.4. The van der Waals surface area contributed by atoms with Gasteiger partial charge in [-0.15, -0.1) is 24.8 Å². The molecule has 1 aromatic carbocycles. The maximum Gasteiger partial charge on any atom is 0.269 e. The van der Waals surface area contributed by atoms with Crippen molar-refractivity contribution in [2.75, 3.05) is 33.4 Å². The van der Waals surface area contributed by atoms with Crippen LogP contribution < -0.4 is 10.6 Å². The van der Waals surface area contributed by atoms with Crippen LogP contribution in [0.5, 0.6) is 0 Å². The van der Waals surface area contributed by atoms with Crippen LogP contribution >= 0.6 is 24.8 Å². The fourth-order valence-electron chi connectivity index (χ4n) is 1.91. The Morgan fingerprint density at radius 3 is 2.61 bits per heavy atom. The third kappa shape index (κ3) is 6.58. The third-order valence-electron chi connectivity index (χ3n) is 2.98. The SMILES string of the molecule is COCCNCCNC(=O)c1cncn1-c1ccccc1.Cl.Cl. The van der Waals surface area contributed by atoms with Crippen molar-refractivity contribution in [2.24, 2.45) is 0 Å². The summed E-state index contributed by atoms with van der Waals surface area (Å²) in [6, 6.07) is 9.66. The zero-order valence-electron chi connectivity index (χ0n) is 12.9. The molecule has 128 valence electrons. The molecule has 0 aliphatic heterocycles. The van der Waals surface area contributed by atoms with Gasteiger partial charge in [-0.25, -0.2) is 4.98 Å². The molecular formula is C15H22Cl2N4O2. The van der Waals surface area contributed by atoms with Crippen LogP contribution in [-0.4, -0.2) is 48.8 Å². The van der Waals surface area contributed by atoms with Gasteiger partial charge in [0.15, 0.2) is 0 Å². The summed E-state index contributed by atoms with van der Waals surface area (Å²) in [5.74, 6) is -0.134. The van der Waals surface area contributed by atoms with E-state index >= 15 is 0 Å². The Kier molecular flexibility index (Phi) is 11.1. The molecule has 1 aromatic heterocycles. The number of nitrogens with one attached hydrogen (secondary N) is 2. The molecule has 0 radical (unpaired) electrons. The van der Waals surface area contributed by atoms with E-state index in [4.69, 9.17) is 4.74 Å². The Morgan fingerprint density at radius 1 is 1.17 bits per heavy atom. The Balaban J connectivity index is 0.00000242. The Hall–Kier alpha value is -1.60. The minimum Gasteiger partial charge on any atom is -0.383 e. The van der Waals surface area contributed by atoms with E-state index in [-0.39, 0.29) is 30.7 Å². The number of halogens is 2. The summed E-state index contributed by atoms with van der Waals surface area (Å²) in [5.41, 5.74) is 1.44. The summed E-state index contributed by atoms with van der Waals surface area (Å²) in [4.78, 5) is 16.2. The summed E-state index contributed by atoms with van der Waals surface area (Å²) < 4.78 is 6.70. The van der Waals surface area contributed by atoms with Crippen molar-refractivity contribution in [1.82, 2.24) is 20.2 Å². The number of methoxy groups -OCH3 is 1. The highest BCUT2D eigenvalue weighted by atomic mass is 35.5. The average molecular weight is 361 g/mol. The number of benzene rings is 1. The van der Waals surface area contributed by atoms with E-state index in [0.717, 1.165) is 12.2 Å². The van der Waals surface area contributed by atoms with Gasteiger partial charge in [0.2, 0.25) is 0 Å². The van der Waals surface area contributed by atoms with Crippen molar-refractivity contribution in [3.63, 3.8) is 0 Å². The van der Waals surface area contributed by atoms with E-state index in [0.29, 0.717) is 25.4 Å². The number of para-hydroxylation sites is 1. The number of carbonyl (C=O) groups excluding carboxylic acids is 1. The third-order valence-corrected chi connectivity index (χ3v) is 2.98. The molecule has 0 aliphatic carbocycles. The predicted octanol–water partition coefficient (Wildman–Crippen LogP) is 1.68. The van der Waals surface area contributed by atoms with Crippen LogP contribution in [0.4, 0.5) is 0 Å². The number of rotatable bonds is 8. The van der Waals surface area contributed by atoms with Gasteiger partial charge in [-0.1, -0.05) is 18.2 Å². The zero-order valence-corrected chi connectivity index (χ0v) is 14.5. The minimum absolute atomic E-state index is 0. The number of amides is 1. The summed E-state index contributed by atoms with van der Waals surface area (Å²) in [5, 5.41) is 6.04. The normalized spacial score (nSPS) is 9.61. The van der Waals surface area contributed by atoms with Gasteiger partial charge in [-0.05, 0) is 12.1 Å². The number of aromatic nitrogens is 2. The first-order chi connectivity index (χ1) is 10.3. The summed E-state index contributed by atoms with van der Waals surface area (Å²) in [6.07, 6.45) is 3.21. The van der Waals surface area contributed by atoms with Crippen LogP contribution in [0.15, 0.2) is 42.9 Å². The van der Waals surface area contributed by atoms with Crippen molar-refractivity contribution >= 4 is 30.7 Å². The number of imidazole rings is 1. The molecule has 0 spiro atoms. The summed E-state index contributed by atoms with van der Waals surface area (Å²) >= 11 is 0. The topological polar surface area (TPSA) is 68.2 Å². The quantitative estimate of drug-likeness (QED) is 0.702. The van der Waals surface area contributed by atoms with Crippen LogP contribution in [0, 0.1) is 0 Å². The number of hydrogen-bond acceptors (Lipinski definition) is 4. The predicted molar refractivity (Wildman–Crippen MR) is 95.1 cm³/mol. The molecule has 0 atom stereocenters. The molecule has 0 saturated heterocycles. The van der Waals surface area contributed by atoms with Gasteiger partial charge in [0.25, 0.3) is 5.91 Å². The molecule has 0 saturated carbocycles. The van der Waals surface area contributed by atoms with Gasteiger partial charge < -0.3 is 15.4 Å². The van der Waals surface area contributed by atoms with Gasteiger partial charge in [-0.3, -0.25) is 9.36 Å². The molecule has 1 amide bonds. The van der Waals surface area contributed by atoms with Gasteiger partial charge in [0.05, 0.1) is 19.1 Å². The number of carbonyl (C=O) groups is 1. The zero-order chi connectivity index (χ0) is 14.9. The highest BCUT2D eigenvalue weighted by Gasteiger charge is 2.11. The summed E-state index contributed by atoms with van der Waals surface area (Å²) in [7, 11) is 1.66. The number of hydrogen-bond donors (Lipinski definition) is 2. The highest BCUT2D eigenvalue weighted by molar-refractivity contribution is 5.93. The second-order valence-electron chi connectivity index (χ2n) is 4.48. The molecule has 0 aliphatic rings.